The number of nitrogens with zero attached hydrogens (tertiary/aromatic N) is 2. The molecule has 0 saturated carbocycles. The van der Waals surface area contributed by atoms with Gasteiger partial charge in [-0.3, -0.25) is 9.36 Å². The van der Waals surface area contributed by atoms with E-state index in [9.17, 15) is 18.4 Å². The van der Waals surface area contributed by atoms with Gasteiger partial charge in [0.1, 0.15) is 28.5 Å². The smallest absolute Gasteiger partial charge is 0.337 e. The minimum absolute atomic E-state index is 0.0104. The largest absolute Gasteiger partial charge is 0.472 e. The number of halogens is 4. The maximum Gasteiger partial charge on any atom is 0.337 e. The van der Waals surface area contributed by atoms with Gasteiger partial charge < -0.3 is 9.47 Å². The van der Waals surface area contributed by atoms with E-state index in [1.54, 1.807) is 6.92 Å². The number of benzene rings is 2. The zero-order valence-corrected chi connectivity index (χ0v) is 18.1. The van der Waals surface area contributed by atoms with Crippen molar-refractivity contribution < 1.29 is 23.0 Å². The summed E-state index contributed by atoms with van der Waals surface area (Å²) in [5.74, 6) is -1.85. The van der Waals surface area contributed by atoms with Crippen LogP contribution in [0.1, 0.15) is 21.7 Å². The molecule has 1 heterocycles. The van der Waals surface area contributed by atoms with Gasteiger partial charge in [0.25, 0.3) is 5.56 Å². The minimum atomic E-state index is -0.770. The molecule has 0 aliphatic rings. The second-order valence-electron chi connectivity index (χ2n) is 6.10. The van der Waals surface area contributed by atoms with Crippen molar-refractivity contribution in [3.05, 3.63) is 84.8 Å². The van der Waals surface area contributed by atoms with Gasteiger partial charge in [-0.05, 0) is 53.2 Å². The molecule has 2 aromatic carbocycles. The Morgan fingerprint density at radius 2 is 1.97 bits per heavy atom. The van der Waals surface area contributed by atoms with Crippen LogP contribution in [-0.2, 0) is 11.3 Å². The third-order valence-corrected chi connectivity index (χ3v) is 5.14. The van der Waals surface area contributed by atoms with Gasteiger partial charge in [-0.15, -0.1) is 0 Å². The lowest BCUT2D eigenvalue weighted by atomic mass is 10.2. The van der Waals surface area contributed by atoms with Gasteiger partial charge >= 0.3 is 5.97 Å². The summed E-state index contributed by atoms with van der Waals surface area (Å²) < 4.78 is 38.2. The number of methoxy groups -OCH3 is 1. The van der Waals surface area contributed by atoms with Crippen molar-refractivity contribution in [3.8, 4) is 11.6 Å². The van der Waals surface area contributed by atoms with E-state index in [2.05, 4.69) is 25.7 Å². The van der Waals surface area contributed by atoms with E-state index in [0.717, 1.165) is 12.1 Å². The van der Waals surface area contributed by atoms with Crippen LogP contribution in [0.2, 0.25) is 5.02 Å². The Hall–Kier alpha value is -2.78. The Labute approximate surface area is 183 Å². The second kappa shape index (κ2) is 8.93. The summed E-state index contributed by atoms with van der Waals surface area (Å²) in [5.41, 5.74) is 0.111. The summed E-state index contributed by atoms with van der Waals surface area (Å²) in [4.78, 5) is 28.8. The van der Waals surface area contributed by atoms with Gasteiger partial charge in [0, 0.05) is 11.6 Å². The van der Waals surface area contributed by atoms with Crippen LogP contribution in [-0.4, -0.2) is 22.6 Å². The highest BCUT2D eigenvalue weighted by molar-refractivity contribution is 9.10. The number of aryl methyl sites for hydroxylation is 1. The van der Waals surface area contributed by atoms with Crippen molar-refractivity contribution in [2.45, 2.75) is 13.5 Å². The first-order valence-corrected chi connectivity index (χ1v) is 9.64. The fourth-order valence-corrected chi connectivity index (χ4v) is 3.33. The fraction of sp³-hybridized carbons (Fsp3) is 0.150. The van der Waals surface area contributed by atoms with Crippen LogP contribution in [0.25, 0.3) is 5.69 Å². The van der Waals surface area contributed by atoms with E-state index in [1.807, 2.05) is 0 Å². The number of aromatic nitrogens is 2. The third kappa shape index (κ3) is 4.36. The normalized spacial score (nSPS) is 10.7. The minimum Gasteiger partial charge on any atom is -0.472 e. The molecule has 1 aromatic heterocycles. The van der Waals surface area contributed by atoms with E-state index in [4.69, 9.17) is 16.3 Å². The standard InChI is InChI=1S/C20H14BrClF2N2O4/c1-10-25-18(30-9-12-3-5-13(23)8-15(12)24)17(21)19(27)26(10)16-6-4-11(7-14(16)22)20(28)29-2/h3-8H,9H2,1-2H3. The molecule has 10 heteroatoms. The number of esters is 1. The number of ether oxygens (including phenoxy) is 2. The van der Waals surface area contributed by atoms with Crippen molar-refractivity contribution in [2.24, 2.45) is 0 Å². The molecule has 0 saturated heterocycles. The molecular formula is C20H14BrClF2N2O4. The van der Waals surface area contributed by atoms with E-state index in [-0.39, 0.29) is 38.9 Å². The van der Waals surface area contributed by atoms with Crippen molar-refractivity contribution in [2.75, 3.05) is 7.11 Å². The molecule has 0 fully saturated rings. The summed E-state index contributed by atoms with van der Waals surface area (Å²) in [6.07, 6.45) is 0. The topological polar surface area (TPSA) is 70.4 Å². The average molecular weight is 500 g/mol. The molecule has 3 rings (SSSR count). The number of rotatable bonds is 5. The van der Waals surface area contributed by atoms with Gasteiger partial charge in [0.15, 0.2) is 0 Å². The number of hydrogen-bond donors (Lipinski definition) is 0. The maximum atomic E-state index is 13.8. The summed E-state index contributed by atoms with van der Waals surface area (Å²) in [6.45, 7) is 1.30. The highest BCUT2D eigenvalue weighted by Crippen LogP contribution is 2.26. The molecule has 0 atom stereocenters. The van der Waals surface area contributed by atoms with Crippen molar-refractivity contribution in [1.82, 2.24) is 9.55 Å². The lowest BCUT2D eigenvalue weighted by molar-refractivity contribution is 0.0600. The van der Waals surface area contributed by atoms with E-state index < -0.39 is 23.2 Å². The molecule has 0 aliphatic heterocycles. The number of carbonyl (C=O) groups is 1. The first kappa shape index (κ1) is 21.9. The molecule has 0 N–H and O–H groups in total. The van der Waals surface area contributed by atoms with Crippen LogP contribution in [0.4, 0.5) is 8.78 Å². The summed E-state index contributed by atoms with van der Waals surface area (Å²) in [7, 11) is 1.25. The molecule has 0 bridgehead atoms. The lowest BCUT2D eigenvalue weighted by Crippen LogP contribution is -2.24. The summed E-state index contributed by atoms with van der Waals surface area (Å²) >= 11 is 9.41. The first-order valence-electron chi connectivity index (χ1n) is 8.47. The quantitative estimate of drug-likeness (QED) is 0.480. The van der Waals surface area contributed by atoms with Gasteiger partial charge in [0.05, 0.1) is 23.4 Å². The SMILES string of the molecule is COC(=O)c1ccc(-n2c(C)nc(OCc3ccc(F)cc3F)c(Br)c2=O)c(Cl)c1. The van der Waals surface area contributed by atoms with E-state index in [0.29, 0.717) is 5.69 Å². The molecule has 0 spiro atoms. The van der Waals surface area contributed by atoms with Gasteiger partial charge in [-0.25, -0.2) is 13.6 Å². The van der Waals surface area contributed by atoms with Crippen LogP contribution < -0.4 is 10.3 Å². The van der Waals surface area contributed by atoms with Gasteiger partial charge in [-0.2, -0.15) is 4.98 Å². The Morgan fingerprint density at radius 1 is 1.23 bits per heavy atom. The summed E-state index contributed by atoms with van der Waals surface area (Å²) in [6, 6.07) is 7.43. The molecule has 6 nitrogen and oxygen atoms in total. The number of carbonyl (C=O) groups excluding carboxylic acids is 1. The monoisotopic (exact) mass is 498 g/mol. The highest BCUT2D eigenvalue weighted by atomic mass is 79.9. The zero-order chi connectivity index (χ0) is 22.0. The summed E-state index contributed by atoms with van der Waals surface area (Å²) in [5, 5.41) is 0.138. The molecule has 156 valence electrons. The second-order valence-corrected chi connectivity index (χ2v) is 7.30. The third-order valence-electron chi connectivity index (χ3n) is 4.15. The Balaban J connectivity index is 1.95. The van der Waals surface area contributed by atoms with Gasteiger partial charge in [-0.1, -0.05) is 11.6 Å². The lowest BCUT2D eigenvalue weighted by Gasteiger charge is -2.15. The van der Waals surface area contributed by atoms with Crippen LogP contribution in [0.3, 0.4) is 0 Å². The van der Waals surface area contributed by atoms with E-state index >= 15 is 0 Å². The van der Waals surface area contributed by atoms with Crippen LogP contribution >= 0.6 is 27.5 Å². The van der Waals surface area contributed by atoms with Crippen LogP contribution in [0, 0.1) is 18.6 Å². The van der Waals surface area contributed by atoms with Crippen molar-refractivity contribution in [1.29, 1.82) is 0 Å². The number of hydrogen-bond acceptors (Lipinski definition) is 5. The molecule has 30 heavy (non-hydrogen) atoms. The van der Waals surface area contributed by atoms with Crippen LogP contribution in [0.15, 0.2) is 45.7 Å². The molecular weight excluding hydrogens is 486 g/mol. The fourth-order valence-electron chi connectivity index (χ4n) is 2.68. The Bertz CT molecular complexity index is 1200. The predicted octanol–water partition coefficient (Wildman–Crippen LogP) is 4.60. The van der Waals surface area contributed by atoms with Crippen molar-refractivity contribution >= 4 is 33.5 Å². The Kier molecular flexibility index (Phi) is 6.52. The predicted molar refractivity (Wildman–Crippen MR) is 109 cm³/mol. The van der Waals surface area contributed by atoms with Crippen molar-refractivity contribution in [3.63, 3.8) is 0 Å². The zero-order valence-electron chi connectivity index (χ0n) is 15.7. The molecule has 0 radical (unpaired) electrons. The molecule has 0 aliphatic carbocycles. The molecule has 0 unspecified atom stereocenters. The maximum absolute atomic E-state index is 13.8. The molecule has 3 aromatic rings. The average Bonchev–Trinajstić information content (AvgIpc) is 2.71. The van der Waals surface area contributed by atoms with Gasteiger partial charge in [0.2, 0.25) is 5.88 Å². The van der Waals surface area contributed by atoms with E-state index in [1.165, 1.54) is 35.9 Å². The first-order chi connectivity index (χ1) is 14.2. The van der Waals surface area contributed by atoms with Crippen LogP contribution in [0.5, 0.6) is 5.88 Å². The Morgan fingerprint density at radius 3 is 2.60 bits per heavy atom. The highest BCUT2D eigenvalue weighted by Gasteiger charge is 2.18. The molecule has 0 amide bonds.